The van der Waals surface area contributed by atoms with E-state index in [0.717, 1.165) is 29.9 Å². The van der Waals surface area contributed by atoms with Crippen molar-refractivity contribution < 1.29 is 4.21 Å². The summed E-state index contributed by atoms with van der Waals surface area (Å²) in [6.07, 6.45) is 3.25. The van der Waals surface area contributed by atoms with Crippen LogP contribution in [0.3, 0.4) is 0 Å². The van der Waals surface area contributed by atoms with Crippen LogP contribution in [0, 0.1) is 0 Å². The Morgan fingerprint density at radius 2 is 1.94 bits per heavy atom. The van der Waals surface area contributed by atoms with Crippen molar-refractivity contribution in [3.8, 4) is 0 Å². The molecule has 0 aromatic heterocycles. The molecule has 2 nitrogen and oxygen atoms in total. The minimum Gasteiger partial charge on any atom is -0.317 e. The summed E-state index contributed by atoms with van der Waals surface area (Å²) in [5.41, 5.74) is 0. The average Bonchev–Trinajstić information content (AvgIpc) is 2.34. The maximum atomic E-state index is 11.9. The topological polar surface area (TPSA) is 29.1 Å². The lowest BCUT2D eigenvalue weighted by Crippen LogP contribution is -2.20. The Kier molecular flexibility index (Phi) is 6.78. The summed E-state index contributed by atoms with van der Waals surface area (Å²) >= 11 is 5.79. The average molecular weight is 274 g/mol. The Morgan fingerprint density at radius 3 is 2.53 bits per heavy atom. The fraction of sp³-hybridized carbons (Fsp3) is 0.538. The Labute approximate surface area is 111 Å². The largest absolute Gasteiger partial charge is 0.317 e. The second kappa shape index (κ2) is 7.85. The summed E-state index contributed by atoms with van der Waals surface area (Å²) in [4.78, 5) is 0.871. The first-order valence-electron chi connectivity index (χ1n) is 5.94. The quantitative estimate of drug-likeness (QED) is 0.773. The number of nitrogens with one attached hydrogen (secondary N) is 1. The fourth-order valence-electron chi connectivity index (χ4n) is 1.53. The predicted molar refractivity (Wildman–Crippen MR) is 75.1 cm³/mol. The molecule has 0 fully saturated rings. The Bertz CT molecular complexity index is 353. The molecule has 0 saturated carbocycles. The summed E-state index contributed by atoms with van der Waals surface area (Å²) in [5, 5.41) is 3.89. The lowest BCUT2D eigenvalue weighted by atomic mass is 10.1. The van der Waals surface area contributed by atoms with Gasteiger partial charge >= 0.3 is 0 Å². The van der Waals surface area contributed by atoms with E-state index < -0.39 is 10.8 Å². The molecule has 0 amide bonds. The van der Waals surface area contributed by atoms with Crippen LogP contribution in [0.2, 0.25) is 5.02 Å². The van der Waals surface area contributed by atoms with E-state index in [9.17, 15) is 4.21 Å². The van der Waals surface area contributed by atoms with Crippen LogP contribution in [0.4, 0.5) is 0 Å². The number of hydrogen-bond acceptors (Lipinski definition) is 2. The SMILES string of the molecule is CNC(C)CCCCS(=O)c1ccc(Cl)cc1. The first kappa shape index (κ1) is 14.7. The van der Waals surface area contributed by atoms with E-state index in [-0.39, 0.29) is 0 Å². The summed E-state index contributed by atoms with van der Waals surface area (Å²) < 4.78 is 11.9. The maximum Gasteiger partial charge on any atom is 0.0529 e. The van der Waals surface area contributed by atoms with Gasteiger partial charge in [0.1, 0.15) is 0 Å². The van der Waals surface area contributed by atoms with E-state index in [1.54, 1.807) is 12.1 Å². The summed E-state index contributed by atoms with van der Waals surface area (Å²) in [7, 11) is 1.08. The fourth-order valence-corrected chi connectivity index (χ4v) is 2.80. The highest BCUT2D eigenvalue weighted by atomic mass is 35.5. The lowest BCUT2D eigenvalue weighted by molar-refractivity contribution is 0.537. The van der Waals surface area contributed by atoms with E-state index in [4.69, 9.17) is 11.6 Å². The van der Waals surface area contributed by atoms with Gasteiger partial charge in [-0.3, -0.25) is 4.21 Å². The first-order chi connectivity index (χ1) is 8.13. The van der Waals surface area contributed by atoms with Gasteiger partial charge in [0.15, 0.2) is 0 Å². The predicted octanol–water partition coefficient (Wildman–Crippen LogP) is 3.23. The molecule has 1 N–H and O–H groups in total. The third-order valence-electron chi connectivity index (χ3n) is 2.79. The second-order valence-electron chi connectivity index (χ2n) is 4.19. The van der Waals surface area contributed by atoms with Crippen LogP contribution < -0.4 is 5.32 Å². The minimum atomic E-state index is -0.887. The van der Waals surface area contributed by atoms with E-state index in [1.807, 2.05) is 19.2 Å². The Hall–Kier alpha value is -0.380. The van der Waals surface area contributed by atoms with Crippen LogP contribution in [0.5, 0.6) is 0 Å². The van der Waals surface area contributed by atoms with Gasteiger partial charge in [0, 0.05) is 21.7 Å². The number of unbranched alkanes of at least 4 members (excludes halogenated alkanes) is 1. The van der Waals surface area contributed by atoms with E-state index in [2.05, 4.69) is 12.2 Å². The van der Waals surface area contributed by atoms with Gasteiger partial charge in [-0.15, -0.1) is 0 Å². The normalized spacial score (nSPS) is 14.5. The molecule has 2 unspecified atom stereocenters. The number of benzene rings is 1. The molecule has 0 bridgehead atoms. The van der Waals surface area contributed by atoms with E-state index in [0.29, 0.717) is 11.1 Å². The van der Waals surface area contributed by atoms with Crippen LogP contribution in [0.15, 0.2) is 29.2 Å². The maximum absolute atomic E-state index is 11.9. The van der Waals surface area contributed by atoms with Gasteiger partial charge in [-0.25, -0.2) is 0 Å². The highest BCUT2D eigenvalue weighted by molar-refractivity contribution is 7.85. The van der Waals surface area contributed by atoms with Crippen molar-refractivity contribution in [1.82, 2.24) is 5.32 Å². The molecule has 1 aromatic rings. The number of hydrogen-bond donors (Lipinski definition) is 1. The van der Waals surface area contributed by atoms with Gasteiger partial charge in [0.2, 0.25) is 0 Å². The summed E-state index contributed by atoms with van der Waals surface area (Å²) in [6, 6.07) is 7.80. The molecule has 1 rings (SSSR count). The van der Waals surface area contributed by atoms with Crippen molar-refractivity contribution >= 4 is 22.4 Å². The lowest BCUT2D eigenvalue weighted by Gasteiger charge is -2.09. The molecule has 0 aliphatic carbocycles. The molecule has 2 atom stereocenters. The highest BCUT2D eigenvalue weighted by Crippen LogP contribution is 2.14. The first-order valence-corrected chi connectivity index (χ1v) is 7.64. The van der Waals surface area contributed by atoms with Crippen LogP contribution >= 0.6 is 11.6 Å². The van der Waals surface area contributed by atoms with Gasteiger partial charge in [-0.05, 0) is 51.1 Å². The molecule has 0 spiro atoms. The Balaban J connectivity index is 2.28. The Morgan fingerprint density at radius 1 is 1.29 bits per heavy atom. The van der Waals surface area contributed by atoms with Crippen molar-refractivity contribution in [2.24, 2.45) is 0 Å². The van der Waals surface area contributed by atoms with Gasteiger partial charge in [0.05, 0.1) is 10.8 Å². The molecule has 0 aliphatic heterocycles. The van der Waals surface area contributed by atoms with Gasteiger partial charge in [-0.2, -0.15) is 0 Å². The smallest absolute Gasteiger partial charge is 0.0529 e. The van der Waals surface area contributed by atoms with Crippen molar-refractivity contribution in [1.29, 1.82) is 0 Å². The van der Waals surface area contributed by atoms with Crippen LogP contribution in [-0.4, -0.2) is 23.1 Å². The second-order valence-corrected chi connectivity index (χ2v) is 6.20. The molecule has 1 aromatic carbocycles. The number of rotatable bonds is 7. The van der Waals surface area contributed by atoms with Gasteiger partial charge in [0.25, 0.3) is 0 Å². The number of halogens is 1. The van der Waals surface area contributed by atoms with Crippen LogP contribution in [0.25, 0.3) is 0 Å². The molecule has 4 heteroatoms. The van der Waals surface area contributed by atoms with Crippen molar-refractivity contribution in [2.45, 2.75) is 37.1 Å². The molecular formula is C13H20ClNOS. The van der Waals surface area contributed by atoms with Crippen molar-refractivity contribution in [2.75, 3.05) is 12.8 Å². The molecular weight excluding hydrogens is 254 g/mol. The standard InChI is InChI=1S/C13H20ClNOS/c1-11(15-2)5-3-4-10-17(16)13-8-6-12(14)7-9-13/h6-9,11,15H,3-5,10H2,1-2H3. The third kappa shape index (κ3) is 5.66. The van der Waals surface area contributed by atoms with Crippen molar-refractivity contribution in [3.05, 3.63) is 29.3 Å². The summed E-state index contributed by atoms with van der Waals surface area (Å²) in [5.74, 6) is 0.734. The van der Waals surface area contributed by atoms with Gasteiger partial charge in [-0.1, -0.05) is 18.0 Å². The molecule has 96 valence electrons. The zero-order chi connectivity index (χ0) is 12.7. The minimum absolute atomic E-state index is 0.541. The molecule has 0 saturated heterocycles. The highest BCUT2D eigenvalue weighted by Gasteiger charge is 2.04. The molecule has 17 heavy (non-hydrogen) atoms. The molecule has 0 heterocycles. The summed E-state index contributed by atoms with van der Waals surface area (Å²) in [6.45, 7) is 2.16. The van der Waals surface area contributed by atoms with Crippen LogP contribution in [0.1, 0.15) is 26.2 Å². The third-order valence-corrected chi connectivity index (χ3v) is 4.50. The van der Waals surface area contributed by atoms with Crippen molar-refractivity contribution in [3.63, 3.8) is 0 Å². The van der Waals surface area contributed by atoms with Crippen LogP contribution in [-0.2, 0) is 10.8 Å². The molecule has 0 aliphatic rings. The monoisotopic (exact) mass is 273 g/mol. The zero-order valence-corrected chi connectivity index (χ0v) is 12.0. The molecule has 0 radical (unpaired) electrons. The van der Waals surface area contributed by atoms with Gasteiger partial charge < -0.3 is 5.32 Å². The zero-order valence-electron chi connectivity index (χ0n) is 10.4. The van der Waals surface area contributed by atoms with E-state index in [1.165, 1.54) is 0 Å². The van der Waals surface area contributed by atoms with E-state index >= 15 is 0 Å².